The molecular formula is C9H9BrN2O. The highest BCUT2D eigenvalue weighted by molar-refractivity contribution is 9.10. The first-order valence-corrected chi connectivity index (χ1v) is 4.83. The molecule has 0 fully saturated rings. The van der Waals surface area contributed by atoms with Gasteiger partial charge in [0.05, 0.1) is 6.26 Å². The highest BCUT2D eigenvalue weighted by atomic mass is 79.9. The summed E-state index contributed by atoms with van der Waals surface area (Å²) in [4.78, 5) is 4.31. The molecule has 2 aromatic heterocycles. The number of fused-ring (bicyclic) bond motifs is 1. The highest BCUT2D eigenvalue weighted by Gasteiger charge is 2.05. The molecule has 3 nitrogen and oxygen atoms in total. The van der Waals surface area contributed by atoms with Gasteiger partial charge in [-0.25, -0.2) is 4.98 Å². The Kier molecular flexibility index (Phi) is 2.33. The Morgan fingerprint density at radius 2 is 2.38 bits per heavy atom. The van der Waals surface area contributed by atoms with E-state index < -0.39 is 0 Å². The van der Waals surface area contributed by atoms with Gasteiger partial charge in [0.1, 0.15) is 4.60 Å². The quantitative estimate of drug-likeness (QED) is 0.819. The number of rotatable bonds is 2. The standard InChI is InChI=1S/C9H9BrN2O/c10-9-8-6(2-4-13-8)5-7(12-9)1-3-11/h2,4-5H,1,3,11H2. The molecule has 13 heavy (non-hydrogen) atoms. The average Bonchev–Trinajstić information content (AvgIpc) is 2.53. The monoisotopic (exact) mass is 240 g/mol. The van der Waals surface area contributed by atoms with Crippen LogP contribution in [0.25, 0.3) is 11.0 Å². The number of hydrogen-bond donors (Lipinski definition) is 1. The van der Waals surface area contributed by atoms with Gasteiger partial charge in [0, 0.05) is 17.5 Å². The largest absolute Gasteiger partial charge is 0.461 e. The molecule has 0 aliphatic rings. The van der Waals surface area contributed by atoms with E-state index in [-0.39, 0.29) is 0 Å². The Morgan fingerprint density at radius 1 is 1.54 bits per heavy atom. The summed E-state index contributed by atoms with van der Waals surface area (Å²) in [6.07, 6.45) is 2.45. The molecule has 0 aliphatic heterocycles. The van der Waals surface area contributed by atoms with Gasteiger partial charge in [-0.1, -0.05) is 0 Å². The number of nitrogens with zero attached hydrogens (tertiary/aromatic N) is 1. The van der Waals surface area contributed by atoms with Gasteiger partial charge >= 0.3 is 0 Å². The summed E-state index contributed by atoms with van der Waals surface area (Å²) in [7, 11) is 0. The van der Waals surface area contributed by atoms with Crippen LogP contribution in [-0.4, -0.2) is 11.5 Å². The van der Waals surface area contributed by atoms with Crippen molar-refractivity contribution in [2.75, 3.05) is 6.54 Å². The normalized spacial score (nSPS) is 10.9. The van der Waals surface area contributed by atoms with E-state index in [1.807, 2.05) is 12.1 Å². The van der Waals surface area contributed by atoms with Crippen LogP contribution in [0.5, 0.6) is 0 Å². The van der Waals surface area contributed by atoms with Crippen molar-refractivity contribution in [3.05, 3.63) is 28.7 Å². The third kappa shape index (κ3) is 1.59. The Hall–Kier alpha value is -0.870. The number of halogens is 1. The first kappa shape index (κ1) is 8.72. The minimum atomic E-state index is 0.614. The SMILES string of the molecule is NCCc1cc2ccoc2c(Br)n1. The van der Waals surface area contributed by atoms with Crippen molar-refractivity contribution in [2.45, 2.75) is 6.42 Å². The van der Waals surface area contributed by atoms with Crippen LogP contribution in [0.3, 0.4) is 0 Å². The fourth-order valence-electron chi connectivity index (χ4n) is 1.27. The number of aromatic nitrogens is 1. The van der Waals surface area contributed by atoms with Crippen molar-refractivity contribution in [1.82, 2.24) is 4.98 Å². The number of hydrogen-bond acceptors (Lipinski definition) is 3. The zero-order valence-corrected chi connectivity index (χ0v) is 8.54. The molecule has 0 bridgehead atoms. The maximum atomic E-state index is 5.45. The molecule has 0 amide bonds. The zero-order valence-electron chi connectivity index (χ0n) is 6.96. The summed E-state index contributed by atoms with van der Waals surface area (Å²) < 4.78 is 5.99. The summed E-state index contributed by atoms with van der Waals surface area (Å²) in [6.45, 7) is 0.614. The van der Waals surface area contributed by atoms with Crippen molar-refractivity contribution in [3.63, 3.8) is 0 Å². The van der Waals surface area contributed by atoms with Crippen LogP contribution in [0.2, 0.25) is 0 Å². The molecule has 0 aromatic carbocycles. The van der Waals surface area contributed by atoms with Crippen molar-refractivity contribution < 1.29 is 4.42 Å². The average molecular weight is 241 g/mol. The van der Waals surface area contributed by atoms with E-state index in [1.54, 1.807) is 6.26 Å². The van der Waals surface area contributed by atoms with Gasteiger partial charge in [0.25, 0.3) is 0 Å². The van der Waals surface area contributed by atoms with Crippen molar-refractivity contribution in [3.8, 4) is 0 Å². The maximum absolute atomic E-state index is 5.45. The lowest BCUT2D eigenvalue weighted by atomic mass is 10.2. The van der Waals surface area contributed by atoms with Crippen LogP contribution in [0, 0.1) is 0 Å². The maximum Gasteiger partial charge on any atom is 0.166 e. The van der Waals surface area contributed by atoms with Gasteiger partial charge in [0.15, 0.2) is 5.58 Å². The van der Waals surface area contributed by atoms with E-state index in [4.69, 9.17) is 10.2 Å². The minimum Gasteiger partial charge on any atom is -0.461 e. The van der Waals surface area contributed by atoms with E-state index in [1.165, 1.54) is 0 Å². The van der Waals surface area contributed by atoms with Crippen molar-refractivity contribution >= 4 is 26.9 Å². The Morgan fingerprint density at radius 3 is 3.15 bits per heavy atom. The first-order valence-electron chi connectivity index (χ1n) is 4.04. The van der Waals surface area contributed by atoms with E-state index in [9.17, 15) is 0 Å². The summed E-state index contributed by atoms with van der Waals surface area (Å²) in [5.41, 5.74) is 7.23. The first-order chi connectivity index (χ1) is 6.31. The predicted molar refractivity (Wildman–Crippen MR) is 54.5 cm³/mol. The van der Waals surface area contributed by atoms with Gasteiger partial charge in [0.2, 0.25) is 0 Å². The van der Waals surface area contributed by atoms with E-state index in [2.05, 4.69) is 20.9 Å². The third-order valence-electron chi connectivity index (χ3n) is 1.85. The number of nitrogens with two attached hydrogens (primary N) is 1. The molecule has 2 N–H and O–H groups in total. The Labute approximate surface area is 84.1 Å². The van der Waals surface area contributed by atoms with E-state index in [0.29, 0.717) is 6.54 Å². The van der Waals surface area contributed by atoms with Gasteiger partial charge in [-0.05, 0) is 34.6 Å². The molecule has 68 valence electrons. The number of furan rings is 1. The van der Waals surface area contributed by atoms with Crippen LogP contribution >= 0.6 is 15.9 Å². The Bertz CT molecular complexity index is 424. The highest BCUT2D eigenvalue weighted by Crippen LogP contribution is 2.23. The lowest BCUT2D eigenvalue weighted by molar-refractivity contribution is 0.611. The van der Waals surface area contributed by atoms with Gasteiger partial charge in [-0.2, -0.15) is 0 Å². The zero-order chi connectivity index (χ0) is 9.26. The second kappa shape index (κ2) is 3.47. The molecule has 2 aromatic rings. The van der Waals surface area contributed by atoms with Gasteiger partial charge in [-0.3, -0.25) is 0 Å². The van der Waals surface area contributed by atoms with Crippen LogP contribution in [0.4, 0.5) is 0 Å². The molecule has 0 unspecified atom stereocenters. The molecule has 0 saturated carbocycles. The Balaban J connectivity index is 2.56. The third-order valence-corrected chi connectivity index (χ3v) is 2.38. The molecule has 0 atom stereocenters. The molecule has 0 aliphatic carbocycles. The lowest BCUT2D eigenvalue weighted by Gasteiger charge is -1.99. The van der Waals surface area contributed by atoms with Crippen LogP contribution < -0.4 is 5.73 Å². The minimum absolute atomic E-state index is 0.614. The van der Waals surface area contributed by atoms with E-state index in [0.717, 1.165) is 27.7 Å². The van der Waals surface area contributed by atoms with Crippen molar-refractivity contribution in [1.29, 1.82) is 0 Å². The van der Waals surface area contributed by atoms with Crippen LogP contribution in [-0.2, 0) is 6.42 Å². The van der Waals surface area contributed by atoms with Crippen molar-refractivity contribution in [2.24, 2.45) is 5.73 Å². The summed E-state index contributed by atoms with van der Waals surface area (Å²) >= 11 is 3.35. The van der Waals surface area contributed by atoms with Crippen LogP contribution in [0.15, 0.2) is 27.4 Å². The predicted octanol–water partition coefficient (Wildman–Crippen LogP) is 2.09. The second-order valence-electron chi connectivity index (χ2n) is 2.78. The molecule has 4 heteroatoms. The topological polar surface area (TPSA) is 52.0 Å². The molecule has 2 rings (SSSR count). The molecule has 2 heterocycles. The summed E-state index contributed by atoms with van der Waals surface area (Å²) in [6, 6.07) is 3.91. The lowest BCUT2D eigenvalue weighted by Crippen LogP contribution is -2.04. The molecular weight excluding hydrogens is 232 g/mol. The molecule has 0 radical (unpaired) electrons. The van der Waals surface area contributed by atoms with Gasteiger partial charge < -0.3 is 10.2 Å². The second-order valence-corrected chi connectivity index (χ2v) is 3.53. The molecule has 0 saturated heterocycles. The fourth-order valence-corrected chi connectivity index (χ4v) is 1.82. The van der Waals surface area contributed by atoms with Crippen LogP contribution in [0.1, 0.15) is 5.69 Å². The van der Waals surface area contributed by atoms with E-state index >= 15 is 0 Å². The number of pyridine rings is 1. The summed E-state index contributed by atoms with van der Waals surface area (Å²) in [5, 5.41) is 1.06. The fraction of sp³-hybridized carbons (Fsp3) is 0.222. The smallest absolute Gasteiger partial charge is 0.166 e. The van der Waals surface area contributed by atoms with Gasteiger partial charge in [-0.15, -0.1) is 0 Å². The molecule has 0 spiro atoms. The summed E-state index contributed by atoms with van der Waals surface area (Å²) in [5.74, 6) is 0.